The summed E-state index contributed by atoms with van der Waals surface area (Å²) in [5, 5.41) is 3.41. The Hall–Kier alpha value is -2.62. The molecule has 0 spiro atoms. The average molecular weight is 404 g/mol. The number of hydrogen-bond donors (Lipinski definition) is 2. The van der Waals surface area contributed by atoms with Crippen LogP contribution in [0.5, 0.6) is 0 Å². The van der Waals surface area contributed by atoms with Gasteiger partial charge in [0.2, 0.25) is 11.8 Å². The maximum absolute atomic E-state index is 13.6. The highest BCUT2D eigenvalue weighted by atomic mass is 32.2. The lowest BCUT2D eigenvalue weighted by Crippen LogP contribution is -2.37. The highest BCUT2D eigenvalue weighted by Crippen LogP contribution is 2.26. The number of nitrogens with one attached hydrogen (secondary N) is 2. The zero-order chi connectivity index (χ0) is 20.1. The van der Waals surface area contributed by atoms with Crippen LogP contribution in [0.4, 0.5) is 27.6 Å². The van der Waals surface area contributed by atoms with Crippen molar-refractivity contribution in [3.05, 3.63) is 59.4 Å². The predicted molar refractivity (Wildman–Crippen MR) is 89.6 cm³/mol. The van der Waals surface area contributed by atoms with E-state index in [1.807, 2.05) is 5.32 Å². The fourth-order valence-corrected chi connectivity index (χ4v) is 2.83. The number of thioether (sulfide) groups is 1. The summed E-state index contributed by atoms with van der Waals surface area (Å²) in [5.74, 6) is -7.80. The van der Waals surface area contributed by atoms with Crippen molar-refractivity contribution in [1.29, 1.82) is 0 Å². The standard InChI is InChI=1S/C17H13F5N2O2S/c1-8(27-13-5-2-9(18)6-11(13)20)17(26)23-7-14(25)24-12-4-3-10(19)15(21)16(12)22/h2-6,8H,7H2,1H3,(H,23,26)(H,24,25). The van der Waals surface area contributed by atoms with Crippen LogP contribution in [0.3, 0.4) is 0 Å². The van der Waals surface area contributed by atoms with E-state index >= 15 is 0 Å². The van der Waals surface area contributed by atoms with E-state index in [2.05, 4.69) is 5.32 Å². The van der Waals surface area contributed by atoms with Gasteiger partial charge in [-0.2, -0.15) is 0 Å². The number of hydrogen-bond acceptors (Lipinski definition) is 3. The molecule has 0 heterocycles. The zero-order valence-corrected chi connectivity index (χ0v) is 14.6. The lowest BCUT2D eigenvalue weighted by atomic mass is 10.2. The molecule has 0 aliphatic carbocycles. The largest absolute Gasteiger partial charge is 0.346 e. The number of carbonyl (C=O) groups excluding carboxylic acids is 2. The van der Waals surface area contributed by atoms with Crippen LogP contribution in [0.1, 0.15) is 6.92 Å². The van der Waals surface area contributed by atoms with E-state index in [9.17, 15) is 31.5 Å². The minimum atomic E-state index is -1.73. The molecule has 0 saturated carbocycles. The van der Waals surface area contributed by atoms with Gasteiger partial charge >= 0.3 is 0 Å². The number of carbonyl (C=O) groups is 2. The fraction of sp³-hybridized carbons (Fsp3) is 0.176. The SMILES string of the molecule is CC(Sc1ccc(F)cc1F)C(=O)NCC(=O)Nc1ccc(F)c(F)c1F. The number of benzene rings is 2. The Bertz CT molecular complexity index is 879. The lowest BCUT2D eigenvalue weighted by molar-refractivity contribution is -0.123. The van der Waals surface area contributed by atoms with E-state index in [0.717, 1.165) is 23.9 Å². The number of rotatable bonds is 6. The molecule has 2 aromatic carbocycles. The molecular formula is C17H13F5N2O2S. The van der Waals surface area contributed by atoms with Crippen molar-refractivity contribution in [3.8, 4) is 0 Å². The third kappa shape index (κ3) is 5.43. The van der Waals surface area contributed by atoms with E-state index in [1.54, 1.807) is 0 Å². The second kappa shape index (κ2) is 8.85. The predicted octanol–water partition coefficient (Wildman–Crippen LogP) is 3.62. The van der Waals surface area contributed by atoms with E-state index < -0.39 is 58.4 Å². The Morgan fingerprint density at radius 3 is 2.37 bits per heavy atom. The summed E-state index contributed by atoms with van der Waals surface area (Å²) >= 11 is 0.812. The summed E-state index contributed by atoms with van der Waals surface area (Å²) in [6.45, 7) is 0.865. The van der Waals surface area contributed by atoms with E-state index in [-0.39, 0.29) is 4.90 Å². The van der Waals surface area contributed by atoms with Gasteiger partial charge in [0, 0.05) is 11.0 Å². The van der Waals surface area contributed by atoms with Crippen LogP contribution in [0.25, 0.3) is 0 Å². The van der Waals surface area contributed by atoms with Gasteiger partial charge in [-0.1, -0.05) is 0 Å². The van der Waals surface area contributed by atoms with Crippen LogP contribution in [0, 0.1) is 29.1 Å². The molecule has 1 unspecified atom stereocenters. The summed E-state index contributed by atoms with van der Waals surface area (Å²) in [7, 11) is 0. The van der Waals surface area contributed by atoms with Gasteiger partial charge in [0.05, 0.1) is 17.5 Å². The second-order valence-corrected chi connectivity index (χ2v) is 6.71. The molecule has 0 radical (unpaired) electrons. The molecule has 144 valence electrons. The Balaban J connectivity index is 1.89. The van der Waals surface area contributed by atoms with Gasteiger partial charge in [0.1, 0.15) is 11.6 Å². The monoisotopic (exact) mass is 404 g/mol. The first kappa shape index (κ1) is 20.7. The van der Waals surface area contributed by atoms with Crippen LogP contribution in [0.15, 0.2) is 35.2 Å². The fourth-order valence-electron chi connectivity index (χ4n) is 1.94. The minimum Gasteiger partial charge on any atom is -0.346 e. The number of anilines is 1. The van der Waals surface area contributed by atoms with Gasteiger partial charge < -0.3 is 10.6 Å². The Morgan fingerprint density at radius 1 is 1.00 bits per heavy atom. The molecular weight excluding hydrogens is 391 g/mol. The van der Waals surface area contributed by atoms with Gasteiger partial charge in [0.15, 0.2) is 17.5 Å². The smallest absolute Gasteiger partial charge is 0.243 e. The zero-order valence-electron chi connectivity index (χ0n) is 13.8. The van der Waals surface area contributed by atoms with Gasteiger partial charge in [-0.25, -0.2) is 22.0 Å². The first-order valence-electron chi connectivity index (χ1n) is 7.51. The van der Waals surface area contributed by atoms with Gasteiger partial charge in [-0.3, -0.25) is 9.59 Å². The van der Waals surface area contributed by atoms with Crippen molar-refractivity contribution in [1.82, 2.24) is 5.32 Å². The van der Waals surface area contributed by atoms with Gasteiger partial charge in [-0.15, -0.1) is 11.8 Å². The first-order valence-corrected chi connectivity index (χ1v) is 8.39. The normalized spacial score (nSPS) is 11.8. The molecule has 2 N–H and O–H groups in total. The van der Waals surface area contributed by atoms with E-state index in [4.69, 9.17) is 0 Å². The van der Waals surface area contributed by atoms with Crippen molar-refractivity contribution in [2.45, 2.75) is 17.1 Å². The van der Waals surface area contributed by atoms with Crippen molar-refractivity contribution in [2.24, 2.45) is 0 Å². The molecule has 0 saturated heterocycles. The van der Waals surface area contributed by atoms with Crippen molar-refractivity contribution in [2.75, 3.05) is 11.9 Å². The maximum atomic E-state index is 13.6. The van der Waals surface area contributed by atoms with Crippen LogP contribution in [-0.2, 0) is 9.59 Å². The molecule has 27 heavy (non-hydrogen) atoms. The van der Waals surface area contributed by atoms with Crippen LogP contribution in [-0.4, -0.2) is 23.6 Å². The highest BCUT2D eigenvalue weighted by Gasteiger charge is 2.19. The molecule has 0 aliphatic rings. The Labute approximate surface area is 155 Å². The van der Waals surface area contributed by atoms with Gasteiger partial charge in [-0.05, 0) is 31.2 Å². The van der Waals surface area contributed by atoms with E-state index in [1.165, 1.54) is 13.0 Å². The second-order valence-electron chi connectivity index (χ2n) is 5.32. The quantitative estimate of drug-likeness (QED) is 0.439. The summed E-state index contributed by atoms with van der Waals surface area (Å²) in [4.78, 5) is 23.7. The molecule has 2 rings (SSSR count). The van der Waals surface area contributed by atoms with Gasteiger partial charge in [0.25, 0.3) is 0 Å². The molecule has 4 nitrogen and oxygen atoms in total. The Morgan fingerprint density at radius 2 is 1.70 bits per heavy atom. The average Bonchev–Trinajstić information content (AvgIpc) is 2.62. The summed E-state index contributed by atoms with van der Waals surface area (Å²) in [5.41, 5.74) is -0.580. The maximum Gasteiger partial charge on any atom is 0.243 e. The Kier molecular flexibility index (Phi) is 6.78. The molecule has 0 fully saturated rings. The van der Waals surface area contributed by atoms with Crippen LogP contribution < -0.4 is 10.6 Å². The van der Waals surface area contributed by atoms with Crippen LogP contribution >= 0.6 is 11.8 Å². The summed E-state index contributed by atoms with van der Waals surface area (Å²) in [6, 6.07) is 4.38. The first-order chi connectivity index (χ1) is 12.7. The summed E-state index contributed by atoms with van der Waals surface area (Å²) in [6.07, 6.45) is 0. The topological polar surface area (TPSA) is 58.2 Å². The van der Waals surface area contributed by atoms with Crippen molar-refractivity contribution in [3.63, 3.8) is 0 Å². The number of halogens is 5. The number of amides is 2. The van der Waals surface area contributed by atoms with Crippen molar-refractivity contribution >= 4 is 29.3 Å². The molecule has 0 aliphatic heterocycles. The van der Waals surface area contributed by atoms with Crippen LogP contribution in [0.2, 0.25) is 0 Å². The molecule has 1 atom stereocenters. The summed E-state index contributed by atoms with van der Waals surface area (Å²) < 4.78 is 65.9. The molecule has 2 aromatic rings. The third-order valence-corrected chi connectivity index (χ3v) is 4.45. The highest BCUT2D eigenvalue weighted by molar-refractivity contribution is 8.00. The third-order valence-electron chi connectivity index (χ3n) is 3.30. The van der Waals surface area contributed by atoms with E-state index in [0.29, 0.717) is 12.1 Å². The molecule has 10 heteroatoms. The van der Waals surface area contributed by atoms with Crippen molar-refractivity contribution < 1.29 is 31.5 Å². The molecule has 2 amide bonds. The molecule has 0 bridgehead atoms. The molecule has 0 aromatic heterocycles. The lowest BCUT2D eigenvalue weighted by Gasteiger charge is -2.13. The minimum absolute atomic E-state index is 0.0485.